The Kier molecular flexibility index (Phi) is 6.44. The van der Waals surface area contributed by atoms with Gasteiger partial charge in [0, 0.05) is 25.4 Å². The molecule has 0 aliphatic carbocycles. The van der Waals surface area contributed by atoms with Gasteiger partial charge in [0.25, 0.3) is 0 Å². The van der Waals surface area contributed by atoms with Gasteiger partial charge < -0.3 is 9.72 Å². The van der Waals surface area contributed by atoms with E-state index in [0.29, 0.717) is 16.8 Å². The van der Waals surface area contributed by atoms with Crippen molar-refractivity contribution < 1.29 is 27.5 Å². The lowest BCUT2D eigenvalue weighted by atomic mass is 10.0. The maximum absolute atomic E-state index is 12.7. The van der Waals surface area contributed by atoms with Crippen LogP contribution in [0.2, 0.25) is 0 Å². The van der Waals surface area contributed by atoms with E-state index in [1.54, 1.807) is 13.8 Å². The highest BCUT2D eigenvalue weighted by molar-refractivity contribution is 7.89. The SMILES string of the molecule is CC(=O)c1c(C)[nH]c(C(=O)[C@H](C)OC(=O)c2cccc(S(=O)(=O)N(C)C)c2)c1C. The van der Waals surface area contributed by atoms with Crippen LogP contribution in [0.15, 0.2) is 29.2 Å². The molecule has 0 saturated heterocycles. The number of ether oxygens (including phenoxy) is 1. The van der Waals surface area contributed by atoms with Crippen molar-refractivity contribution in [1.82, 2.24) is 9.29 Å². The maximum Gasteiger partial charge on any atom is 0.338 e. The number of aromatic nitrogens is 1. The number of benzene rings is 1. The van der Waals surface area contributed by atoms with Crippen LogP contribution in [0.3, 0.4) is 0 Å². The van der Waals surface area contributed by atoms with E-state index in [9.17, 15) is 22.8 Å². The smallest absolute Gasteiger partial charge is 0.338 e. The monoisotopic (exact) mass is 420 g/mol. The molecule has 1 atom stereocenters. The molecule has 0 amide bonds. The Morgan fingerprint density at radius 1 is 1.14 bits per heavy atom. The van der Waals surface area contributed by atoms with Crippen molar-refractivity contribution in [3.8, 4) is 0 Å². The summed E-state index contributed by atoms with van der Waals surface area (Å²) in [4.78, 5) is 39.7. The third-order valence-electron chi connectivity index (χ3n) is 4.54. The van der Waals surface area contributed by atoms with Crippen LogP contribution >= 0.6 is 0 Å². The normalized spacial score (nSPS) is 12.7. The fraction of sp³-hybridized carbons (Fsp3) is 0.350. The second kappa shape index (κ2) is 8.30. The molecule has 0 fully saturated rings. The number of nitrogens with one attached hydrogen (secondary N) is 1. The Bertz CT molecular complexity index is 1080. The number of hydrogen-bond acceptors (Lipinski definition) is 6. The van der Waals surface area contributed by atoms with Crippen molar-refractivity contribution in [3.05, 3.63) is 52.3 Å². The molecule has 1 aromatic carbocycles. The molecule has 1 aromatic heterocycles. The van der Waals surface area contributed by atoms with Crippen molar-refractivity contribution in [2.75, 3.05) is 14.1 Å². The quantitative estimate of drug-likeness (QED) is 0.544. The molecular weight excluding hydrogens is 396 g/mol. The van der Waals surface area contributed by atoms with Gasteiger partial charge in [0.1, 0.15) is 0 Å². The van der Waals surface area contributed by atoms with E-state index in [0.717, 1.165) is 4.31 Å². The summed E-state index contributed by atoms with van der Waals surface area (Å²) in [5, 5.41) is 0. The lowest BCUT2D eigenvalue weighted by molar-refractivity contribution is 0.0316. The van der Waals surface area contributed by atoms with Gasteiger partial charge in [-0.2, -0.15) is 0 Å². The number of carbonyl (C=O) groups is 3. The molecule has 1 heterocycles. The number of carbonyl (C=O) groups excluding carboxylic acids is 3. The number of sulfonamides is 1. The molecule has 0 unspecified atom stereocenters. The zero-order chi connectivity index (χ0) is 22.1. The van der Waals surface area contributed by atoms with Gasteiger partial charge in [-0.05, 0) is 51.5 Å². The van der Waals surface area contributed by atoms with Crippen LogP contribution in [0.25, 0.3) is 0 Å². The lowest BCUT2D eigenvalue weighted by Gasteiger charge is -2.14. The minimum atomic E-state index is -3.71. The Balaban J connectivity index is 2.25. The van der Waals surface area contributed by atoms with Gasteiger partial charge in [-0.15, -0.1) is 0 Å². The molecule has 0 aliphatic heterocycles. The summed E-state index contributed by atoms with van der Waals surface area (Å²) in [6.45, 7) is 6.17. The number of nitrogens with zero attached hydrogens (tertiary/aromatic N) is 1. The van der Waals surface area contributed by atoms with Crippen molar-refractivity contribution in [3.63, 3.8) is 0 Å². The topological polar surface area (TPSA) is 114 Å². The molecule has 0 saturated carbocycles. The number of Topliss-reactive ketones (excluding diaryl/α,β-unsaturated/α-hetero) is 2. The molecule has 0 aliphatic rings. The highest BCUT2D eigenvalue weighted by Crippen LogP contribution is 2.21. The fourth-order valence-corrected chi connectivity index (χ4v) is 3.95. The van der Waals surface area contributed by atoms with Gasteiger partial charge in [0.05, 0.1) is 16.2 Å². The van der Waals surface area contributed by atoms with E-state index in [2.05, 4.69) is 4.98 Å². The first kappa shape index (κ1) is 22.5. The Morgan fingerprint density at radius 3 is 2.28 bits per heavy atom. The minimum absolute atomic E-state index is 0.0105. The van der Waals surface area contributed by atoms with E-state index in [1.807, 2.05) is 0 Å². The molecule has 0 bridgehead atoms. The number of hydrogen-bond donors (Lipinski definition) is 1. The van der Waals surface area contributed by atoms with Crippen LogP contribution in [-0.4, -0.2) is 55.4 Å². The predicted octanol–water partition coefficient (Wildman–Crippen LogP) is 2.51. The van der Waals surface area contributed by atoms with E-state index in [1.165, 1.54) is 52.2 Å². The number of aryl methyl sites for hydroxylation is 1. The van der Waals surface area contributed by atoms with Crippen LogP contribution in [-0.2, 0) is 14.8 Å². The molecule has 1 N–H and O–H groups in total. The summed E-state index contributed by atoms with van der Waals surface area (Å²) in [5.74, 6) is -1.48. The third-order valence-corrected chi connectivity index (χ3v) is 6.35. The minimum Gasteiger partial charge on any atom is -0.451 e. The van der Waals surface area contributed by atoms with Crippen LogP contribution < -0.4 is 0 Å². The number of H-pyrrole nitrogens is 1. The van der Waals surface area contributed by atoms with Crippen molar-refractivity contribution in [2.24, 2.45) is 0 Å². The molecule has 0 radical (unpaired) electrons. The van der Waals surface area contributed by atoms with Gasteiger partial charge in [-0.25, -0.2) is 17.5 Å². The molecule has 0 spiro atoms. The second-order valence-corrected chi connectivity index (χ2v) is 9.06. The standard InChI is InChI=1S/C20H24N2O6S/c1-11-17(13(3)23)12(2)21-18(11)19(24)14(4)28-20(25)15-8-7-9-16(10-15)29(26,27)22(5)6/h7-10,14,21H,1-6H3/t14-/m0/s1. The van der Waals surface area contributed by atoms with Crippen molar-refractivity contribution >= 4 is 27.6 Å². The van der Waals surface area contributed by atoms with Crippen LogP contribution in [0.4, 0.5) is 0 Å². The summed E-state index contributed by atoms with van der Waals surface area (Å²) < 4.78 is 30.8. The molecule has 2 rings (SSSR count). The molecule has 9 heteroatoms. The number of rotatable bonds is 7. The highest BCUT2D eigenvalue weighted by atomic mass is 32.2. The van der Waals surface area contributed by atoms with E-state index < -0.39 is 27.9 Å². The van der Waals surface area contributed by atoms with Crippen molar-refractivity contribution in [1.29, 1.82) is 0 Å². The number of aromatic amines is 1. The van der Waals surface area contributed by atoms with Crippen LogP contribution in [0.5, 0.6) is 0 Å². The Labute approximate surface area is 169 Å². The highest BCUT2D eigenvalue weighted by Gasteiger charge is 2.27. The van der Waals surface area contributed by atoms with Gasteiger partial charge in [0.2, 0.25) is 15.8 Å². The summed E-state index contributed by atoms with van der Waals surface area (Å²) in [7, 11) is -0.943. The van der Waals surface area contributed by atoms with Gasteiger partial charge in [-0.3, -0.25) is 9.59 Å². The predicted molar refractivity (Wildman–Crippen MR) is 107 cm³/mol. The largest absolute Gasteiger partial charge is 0.451 e. The number of esters is 1. The molecule has 156 valence electrons. The summed E-state index contributed by atoms with van der Waals surface area (Å²) in [6, 6.07) is 5.41. The maximum atomic E-state index is 12.7. The summed E-state index contributed by atoms with van der Waals surface area (Å²) in [5.41, 5.74) is 1.72. The third kappa shape index (κ3) is 4.46. The first-order valence-electron chi connectivity index (χ1n) is 8.85. The molecule has 29 heavy (non-hydrogen) atoms. The van der Waals surface area contributed by atoms with E-state index >= 15 is 0 Å². The average molecular weight is 420 g/mol. The molecular formula is C20H24N2O6S. The van der Waals surface area contributed by atoms with Crippen LogP contribution in [0, 0.1) is 13.8 Å². The average Bonchev–Trinajstić information content (AvgIpc) is 2.95. The van der Waals surface area contributed by atoms with E-state index in [-0.39, 0.29) is 21.9 Å². The van der Waals surface area contributed by atoms with Gasteiger partial charge in [0.15, 0.2) is 11.9 Å². The molecule has 2 aromatic rings. The molecule has 8 nitrogen and oxygen atoms in total. The number of ketones is 2. The fourth-order valence-electron chi connectivity index (χ4n) is 3.00. The summed E-state index contributed by atoms with van der Waals surface area (Å²) in [6.07, 6.45) is -1.13. The van der Waals surface area contributed by atoms with Crippen LogP contribution in [0.1, 0.15) is 56.3 Å². The zero-order valence-electron chi connectivity index (χ0n) is 17.2. The Hall–Kier alpha value is -2.78. The first-order chi connectivity index (χ1) is 13.4. The van der Waals surface area contributed by atoms with Gasteiger partial charge >= 0.3 is 5.97 Å². The van der Waals surface area contributed by atoms with E-state index in [4.69, 9.17) is 4.74 Å². The zero-order valence-corrected chi connectivity index (χ0v) is 18.0. The lowest BCUT2D eigenvalue weighted by Crippen LogP contribution is -2.26. The van der Waals surface area contributed by atoms with Gasteiger partial charge in [-0.1, -0.05) is 6.07 Å². The second-order valence-electron chi connectivity index (χ2n) is 6.91. The first-order valence-corrected chi connectivity index (χ1v) is 10.3. The van der Waals surface area contributed by atoms with Crippen molar-refractivity contribution in [2.45, 2.75) is 38.7 Å². The summed E-state index contributed by atoms with van der Waals surface area (Å²) >= 11 is 0. The Morgan fingerprint density at radius 2 is 1.76 bits per heavy atom.